The van der Waals surface area contributed by atoms with Gasteiger partial charge in [0, 0.05) is 5.69 Å². The predicted molar refractivity (Wildman–Crippen MR) is 94.6 cm³/mol. The Bertz CT molecular complexity index is 794. The molecule has 1 aromatic carbocycles. The van der Waals surface area contributed by atoms with Crippen LogP contribution in [0.2, 0.25) is 20.2 Å². The number of benzene rings is 1. The molecule has 1 amide bonds. The highest BCUT2D eigenvalue weighted by atomic mass is 35.5. The Kier molecular flexibility index (Phi) is 6.29. The molecule has 24 heavy (non-hydrogen) atoms. The number of carbonyl (C=O) groups is 2. The fraction of sp³-hybridized carbons (Fsp3) is 0.133. The van der Waals surface area contributed by atoms with Crippen molar-refractivity contribution in [1.82, 2.24) is 4.98 Å². The van der Waals surface area contributed by atoms with Crippen LogP contribution in [0.5, 0.6) is 0 Å². The molecule has 0 atom stereocenters. The van der Waals surface area contributed by atoms with Crippen molar-refractivity contribution < 1.29 is 14.3 Å². The van der Waals surface area contributed by atoms with Crippen LogP contribution in [0, 0.1) is 0 Å². The summed E-state index contributed by atoms with van der Waals surface area (Å²) in [4.78, 5) is 27.7. The summed E-state index contributed by atoms with van der Waals surface area (Å²) >= 11 is 23.5. The average molecular weight is 408 g/mol. The fourth-order valence-corrected chi connectivity index (χ4v) is 2.55. The van der Waals surface area contributed by atoms with Gasteiger partial charge in [0.2, 0.25) is 0 Å². The van der Waals surface area contributed by atoms with Gasteiger partial charge in [-0.3, -0.25) is 4.79 Å². The zero-order valence-electron chi connectivity index (χ0n) is 12.2. The number of esters is 1. The SMILES string of the molecule is CCOC(=O)c1ccc(NC(=O)c2nc(Cl)c(Cl)c(Cl)c2Cl)cc1. The molecule has 0 fully saturated rings. The van der Waals surface area contributed by atoms with Crippen LogP contribution in [0.1, 0.15) is 27.8 Å². The zero-order valence-corrected chi connectivity index (χ0v) is 15.2. The predicted octanol–water partition coefficient (Wildman–Crippen LogP) is 5.12. The van der Waals surface area contributed by atoms with Gasteiger partial charge in [0.1, 0.15) is 10.8 Å². The number of carbonyl (C=O) groups excluding carboxylic acids is 2. The van der Waals surface area contributed by atoms with Crippen molar-refractivity contribution in [3.63, 3.8) is 0 Å². The Morgan fingerprint density at radius 1 is 1.04 bits per heavy atom. The van der Waals surface area contributed by atoms with Gasteiger partial charge >= 0.3 is 5.97 Å². The molecule has 0 aliphatic carbocycles. The summed E-state index contributed by atoms with van der Waals surface area (Å²) in [6.45, 7) is 1.99. The molecule has 0 unspecified atom stereocenters. The number of ether oxygens (including phenoxy) is 1. The van der Waals surface area contributed by atoms with Gasteiger partial charge in [-0.2, -0.15) is 0 Å². The number of aromatic nitrogens is 1. The highest BCUT2D eigenvalue weighted by Gasteiger charge is 2.20. The molecule has 2 aromatic rings. The van der Waals surface area contributed by atoms with Crippen LogP contribution in [-0.4, -0.2) is 23.5 Å². The van der Waals surface area contributed by atoms with Gasteiger partial charge in [-0.1, -0.05) is 46.4 Å². The molecule has 1 heterocycles. The number of hydrogen-bond acceptors (Lipinski definition) is 4. The molecule has 9 heteroatoms. The Morgan fingerprint density at radius 2 is 1.67 bits per heavy atom. The van der Waals surface area contributed by atoms with Crippen LogP contribution < -0.4 is 5.32 Å². The molecular formula is C15H10Cl4N2O3. The van der Waals surface area contributed by atoms with Gasteiger partial charge in [-0.15, -0.1) is 0 Å². The normalized spacial score (nSPS) is 10.4. The van der Waals surface area contributed by atoms with Crippen molar-refractivity contribution in [2.45, 2.75) is 6.92 Å². The maximum atomic E-state index is 12.3. The topological polar surface area (TPSA) is 68.3 Å². The first-order valence-corrected chi connectivity index (χ1v) is 8.14. The van der Waals surface area contributed by atoms with E-state index in [4.69, 9.17) is 51.1 Å². The number of halogens is 4. The van der Waals surface area contributed by atoms with Crippen LogP contribution in [0.25, 0.3) is 0 Å². The van der Waals surface area contributed by atoms with Crippen LogP contribution in [-0.2, 0) is 4.74 Å². The molecule has 126 valence electrons. The summed E-state index contributed by atoms with van der Waals surface area (Å²) in [6, 6.07) is 6.11. The molecule has 0 aliphatic rings. The van der Waals surface area contributed by atoms with Gasteiger partial charge in [0.15, 0.2) is 0 Å². The summed E-state index contributed by atoms with van der Waals surface area (Å²) in [7, 11) is 0. The van der Waals surface area contributed by atoms with E-state index in [0.717, 1.165) is 0 Å². The summed E-state index contributed by atoms with van der Waals surface area (Å²) < 4.78 is 4.88. The Balaban J connectivity index is 2.20. The van der Waals surface area contributed by atoms with E-state index in [1.54, 1.807) is 6.92 Å². The third-order valence-electron chi connectivity index (χ3n) is 2.85. The summed E-state index contributed by atoms with van der Waals surface area (Å²) in [5, 5.41) is 2.25. The molecule has 0 bridgehead atoms. The second-order valence-corrected chi connectivity index (χ2v) is 5.94. The number of pyridine rings is 1. The Morgan fingerprint density at radius 3 is 2.25 bits per heavy atom. The van der Waals surface area contributed by atoms with Gasteiger partial charge in [0.25, 0.3) is 5.91 Å². The average Bonchev–Trinajstić information content (AvgIpc) is 2.57. The lowest BCUT2D eigenvalue weighted by atomic mass is 10.2. The number of nitrogens with zero attached hydrogens (tertiary/aromatic N) is 1. The van der Waals surface area contributed by atoms with E-state index < -0.39 is 11.9 Å². The van der Waals surface area contributed by atoms with Gasteiger partial charge in [-0.25, -0.2) is 9.78 Å². The van der Waals surface area contributed by atoms with E-state index in [2.05, 4.69) is 10.3 Å². The largest absolute Gasteiger partial charge is 0.462 e. The van der Waals surface area contributed by atoms with E-state index in [0.29, 0.717) is 11.3 Å². The van der Waals surface area contributed by atoms with Crippen LogP contribution in [0.15, 0.2) is 24.3 Å². The third-order valence-corrected chi connectivity index (χ3v) is 4.53. The van der Waals surface area contributed by atoms with Gasteiger partial charge < -0.3 is 10.1 Å². The summed E-state index contributed by atoms with van der Waals surface area (Å²) in [5.74, 6) is -1.07. The molecule has 0 spiro atoms. The standard InChI is InChI=1S/C15H10Cl4N2O3/c1-2-24-15(23)7-3-5-8(6-4-7)20-14(22)12-10(17)9(16)11(18)13(19)21-12/h3-6H,2H2,1H3,(H,20,22). The Labute approximate surface area is 157 Å². The van der Waals surface area contributed by atoms with E-state index >= 15 is 0 Å². The quantitative estimate of drug-likeness (QED) is 0.563. The number of hydrogen-bond donors (Lipinski definition) is 1. The molecule has 1 aromatic heterocycles. The number of nitrogens with one attached hydrogen (secondary N) is 1. The highest BCUT2D eigenvalue weighted by Crippen LogP contribution is 2.36. The van der Waals surface area contributed by atoms with E-state index in [1.807, 2.05) is 0 Å². The second-order valence-electron chi connectivity index (χ2n) is 4.45. The van der Waals surface area contributed by atoms with Crippen LogP contribution >= 0.6 is 46.4 Å². The van der Waals surface area contributed by atoms with Crippen molar-refractivity contribution in [2.24, 2.45) is 0 Å². The molecule has 0 saturated heterocycles. The van der Waals surface area contributed by atoms with Crippen molar-refractivity contribution in [2.75, 3.05) is 11.9 Å². The maximum Gasteiger partial charge on any atom is 0.338 e. The molecule has 2 rings (SSSR count). The van der Waals surface area contributed by atoms with Crippen molar-refractivity contribution in [3.05, 3.63) is 55.7 Å². The van der Waals surface area contributed by atoms with Gasteiger partial charge in [-0.05, 0) is 31.2 Å². The highest BCUT2D eigenvalue weighted by molar-refractivity contribution is 6.52. The third kappa shape index (κ3) is 4.11. The van der Waals surface area contributed by atoms with Crippen molar-refractivity contribution in [3.8, 4) is 0 Å². The first-order valence-electron chi connectivity index (χ1n) is 6.63. The molecule has 0 saturated carbocycles. The minimum Gasteiger partial charge on any atom is -0.462 e. The van der Waals surface area contributed by atoms with E-state index in [1.165, 1.54) is 24.3 Å². The first-order chi connectivity index (χ1) is 11.3. The fourth-order valence-electron chi connectivity index (χ4n) is 1.73. The lowest BCUT2D eigenvalue weighted by molar-refractivity contribution is 0.0526. The zero-order chi connectivity index (χ0) is 17.9. The first kappa shape index (κ1) is 18.8. The minimum absolute atomic E-state index is 0.0290. The number of rotatable bonds is 4. The monoisotopic (exact) mass is 406 g/mol. The molecule has 5 nitrogen and oxygen atoms in total. The van der Waals surface area contributed by atoms with Gasteiger partial charge in [0.05, 0.1) is 27.2 Å². The number of anilines is 1. The van der Waals surface area contributed by atoms with E-state index in [9.17, 15) is 9.59 Å². The lowest BCUT2D eigenvalue weighted by Crippen LogP contribution is -2.15. The molecular weight excluding hydrogens is 398 g/mol. The van der Waals surface area contributed by atoms with Crippen molar-refractivity contribution in [1.29, 1.82) is 0 Å². The minimum atomic E-state index is -0.621. The molecule has 0 radical (unpaired) electrons. The summed E-state index contributed by atoms with van der Waals surface area (Å²) in [6.07, 6.45) is 0. The maximum absolute atomic E-state index is 12.3. The molecule has 1 N–H and O–H groups in total. The smallest absolute Gasteiger partial charge is 0.338 e. The Hall–Kier alpha value is -1.53. The van der Waals surface area contributed by atoms with Crippen molar-refractivity contribution >= 4 is 64.0 Å². The molecule has 0 aliphatic heterocycles. The second kappa shape index (κ2) is 8.03. The summed E-state index contributed by atoms with van der Waals surface area (Å²) in [5.41, 5.74) is 0.627. The lowest BCUT2D eigenvalue weighted by Gasteiger charge is -2.09. The van der Waals surface area contributed by atoms with E-state index in [-0.39, 0.29) is 32.5 Å². The number of amides is 1. The van der Waals surface area contributed by atoms with Crippen LogP contribution in [0.4, 0.5) is 5.69 Å². The van der Waals surface area contributed by atoms with Crippen LogP contribution in [0.3, 0.4) is 0 Å².